The molecule has 15 heavy (non-hydrogen) atoms. The van der Waals surface area contributed by atoms with Crippen LogP contribution in [0.3, 0.4) is 0 Å². The van der Waals surface area contributed by atoms with E-state index in [9.17, 15) is 10.2 Å². The first-order valence-electron chi connectivity index (χ1n) is 4.54. The summed E-state index contributed by atoms with van der Waals surface area (Å²) in [5, 5.41) is 20.0. The van der Waals surface area contributed by atoms with E-state index < -0.39 is 6.10 Å². The number of aromatic hydroxyl groups is 1. The van der Waals surface area contributed by atoms with Crippen molar-refractivity contribution in [1.82, 2.24) is 4.98 Å². The van der Waals surface area contributed by atoms with E-state index in [2.05, 4.69) is 4.98 Å². The second-order valence-corrected chi connectivity index (χ2v) is 3.55. The first-order chi connectivity index (χ1) is 7.24. The van der Waals surface area contributed by atoms with Crippen LogP contribution in [-0.2, 0) is 0 Å². The van der Waals surface area contributed by atoms with E-state index in [0.29, 0.717) is 11.1 Å². The molecule has 0 fully saturated rings. The van der Waals surface area contributed by atoms with Crippen LogP contribution in [0.4, 0.5) is 0 Å². The van der Waals surface area contributed by atoms with E-state index in [1.54, 1.807) is 24.4 Å². The lowest BCUT2D eigenvalue weighted by atomic mass is 10.0. The molecule has 1 aromatic heterocycles. The molecule has 0 bridgehead atoms. The number of aromatic nitrogens is 1. The van der Waals surface area contributed by atoms with E-state index in [1.807, 2.05) is 0 Å². The highest BCUT2D eigenvalue weighted by molar-refractivity contribution is 6.18. The number of aliphatic hydroxyl groups excluding tert-OH is 1. The number of halogens is 1. The molecule has 0 radical (unpaired) electrons. The molecule has 1 heterocycles. The summed E-state index contributed by atoms with van der Waals surface area (Å²) in [6.07, 6.45) is 0.859. The van der Waals surface area contributed by atoms with Crippen LogP contribution in [0.5, 0.6) is 5.75 Å². The van der Waals surface area contributed by atoms with Gasteiger partial charge in [-0.05, 0) is 17.7 Å². The van der Waals surface area contributed by atoms with Crippen LogP contribution in [0.15, 0.2) is 30.5 Å². The van der Waals surface area contributed by atoms with Crippen LogP contribution in [-0.4, -0.2) is 21.1 Å². The highest BCUT2D eigenvalue weighted by atomic mass is 35.5. The number of aliphatic hydroxyl groups is 1. The first-order valence-corrected chi connectivity index (χ1v) is 5.08. The highest BCUT2D eigenvalue weighted by Gasteiger charge is 2.12. The minimum atomic E-state index is -0.737. The van der Waals surface area contributed by atoms with Gasteiger partial charge in [-0.2, -0.15) is 0 Å². The number of nitrogens with zero attached hydrogens (tertiary/aromatic N) is 1. The molecule has 2 aromatic rings. The van der Waals surface area contributed by atoms with Crippen molar-refractivity contribution in [1.29, 1.82) is 0 Å². The molecule has 2 N–H and O–H groups in total. The minimum absolute atomic E-state index is 0.108. The van der Waals surface area contributed by atoms with Gasteiger partial charge < -0.3 is 10.2 Å². The summed E-state index contributed by atoms with van der Waals surface area (Å²) >= 11 is 5.59. The van der Waals surface area contributed by atoms with Crippen molar-refractivity contribution in [3.8, 4) is 5.75 Å². The predicted octanol–water partition coefficient (Wildman–Crippen LogP) is 2.21. The predicted molar refractivity (Wildman–Crippen MR) is 59.1 cm³/mol. The number of rotatable bonds is 2. The van der Waals surface area contributed by atoms with Gasteiger partial charge in [0.05, 0.1) is 12.0 Å². The Morgan fingerprint density at radius 3 is 2.87 bits per heavy atom. The van der Waals surface area contributed by atoms with E-state index >= 15 is 0 Å². The molecule has 0 saturated carbocycles. The summed E-state index contributed by atoms with van der Waals surface area (Å²) in [4.78, 5) is 4.05. The first kappa shape index (κ1) is 10.2. The maximum absolute atomic E-state index is 9.68. The largest absolute Gasteiger partial charge is 0.506 e. The quantitative estimate of drug-likeness (QED) is 0.768. The fraction of sp³-hybridized carbons (Fsp3) is 0.182. The third-order valence-electron chi connectivity index (χ3n) is 2.29. The lowest BCUT2D eigenvalue weighted by Crippen LogP contribution is -1.99. The Balaban J connectivity index is 2.71. The number of alkyl halides is 1. The number of phenolic OH excluding ortho intramolecular Hbond substituents is 1. The van der Waals surface area contributed by atoms with Gasteiger partial charge in [-0.15, -0.1) is 11.6 Å². The summed E-state index contributed by atoms with van der Waals surface area (Å²) in [6.45, 7) is 0. The van der Waals surface area contributed by atoms with Crippen LogP contribution >= 0.6 is 11.6 Å². The summed E-state index contributed by atoms with van der Waals surface area (Å²) in [5.41, 5.74) is 1.17. The summed E-state index contributed by atoms with van der Waals surface area (Å²) in [7, 11) is 0. The fourth-order valence-electron chi connectivity index (χ4n) is 1.55. The number of hydrogen-bond acceptors (Lipinski definition) is 3. The van der Waals surface area contributed by atoms with Crippen molar-refractivity contribution >= 4 is 22.5 Å². The average molecular weight is 224 g/mol. The second-order valence-electron chi connectivity index (χ2n) is 3.24. The van der Waals surface area contributed by atoms with E-state index in [0.717, 1.165) is 5.39 Å². The summed E-state index contributed by atoms with van der Waals surface area (Å²) in [6, 6.07) is 6.73. The second kappa shape index (κ2) is 4.04. The average Bonchev–Trinajstić information content (AvgIpc) is 2.29. The molecule has 0 spiro atoms. The standard InChI is InChI=1S/C11H10ClNO2/c12-6-10(15)7-3-4-9(14)11-8(7)2-1-5-13-11/h1-5,10,14-15H,6H2. The van der Waals surface area contributed by atoms with Crippen molar-refractivity contribution in [3.05, 3.63) is 36.0 Å². The molecular formula is C11H10ClNO2. The van der Waals surface area contributed by atoms with Crippen molar-refractivity contribution in [2.24, 2.45) is 0 Å². The van der Waals surface area contributed by atoms with Crippen molar-refractivity contribution in [2.75, 3.05) is 5.88 Å². The normalized spacial score (nSPS) is 12.9. The van der Waals surface area contributed by atoms with Crippen LogP contribution in [0.2, 0.25) is 0 Å². The van der Waals surface area contributed by atoms with E-state index in [1.165, 1.54) is 6.07 Å². The van der Waals surface area contributed by atoms with Gasteiger partial charge in [0.2, 0.25) is 0 Å². The fourth-order valence-corrected chi connectivity index (χ4v) is 1.72. The van der Waals surface area contributed by atoms with Gasteiger partial charge in [0.1, 0.15) is 11.3 Å². The van der Waals surface area contributed by atoms with Crippen molar-refractivity contribution < 1.29 is 10.2 Å². The third-order valence-corrected chi connectivity index (χ3v) is 2.58. The molecular weight excluding hydrogens is 214 g/mol. The monoisotopic (exact) mass is 223 g/mol. The minimum Gasteiger partial charge on any atom is -0.506 e. The molecule has 0 saturated heterocycles. The zero-order valence-corrected chi connectivity index (χ0v) is 8.65. The van der Waals surface area contributed by atoms with Crippen LogP contribution < -0.4 is 0 Å². The molecule has 0 aliphatic carbocycles. The molecule has 0 aliphatic rings. The Morgan fingerprint density at radius 2 is 2.13 bits per heavy atom. The molecule has 0 amide bonds. The Morgan fingerprint density at radius 1 is 1.33 bits per heavy atom. The lowest BCUT2D eigenvalue weighted by molar-refractivity contribution is 0.204. The molecule has 1 aromatic carbocycles. The number of hydrogen-bond donors (Lipinski definition) is 2. The maximum atomic E-state index is 9.68. The molecule has 1 atom stereocenters. The molecule has 0 aliphatic heterocycles. The Bertz CT molecular complexity index is 487. The Hall–Kier alpha value is -1.32. The van der Waals surface area contributed by atoms with Gasteiger partial charge in [0.25, 0.3) is 0 Å². The van der Waals surface area contributed by atoms with Gasteiger partial charge in [-0.25, -0.2) is 0 Å². The van der Waals surface area contributed by atoms with Crippen molar-refractivity contribution in [3.63, 3.8) is 0 Å². The summed E-state index contributed by atoms with van der Waals surface area (Å²) in [5.74, 6) is 0.227. The zero-order valence-electron chi connectivity index (χ0n) is 7.89. The van der Waals surface area contributed by atoms with Crippen LogP contribution in [0, 0.1) is 0 Å². The van der Waals surface area contributed by atoms with Crippen LogP contribution in [0.25, 0.3) is 10.9 Å². The SMILES string of the molecule is Oc1ccc(C(O)CCl)c2cccnc12. The van der Waals surface area contributed by atoms with Gasteiger partial charge in [-0.3, -0.25) is 4.98 Å². The molecule has 2 rings (SSSR count). The molecule has 4 heteroatoms. The third kappa shape index (κ3) is 1.76. The molecule has 1 unspecified atom stereocenters. The lowest BCUT2D eigenvalue weighted by Gasteiger charge is -2.10. The number of pyridine rings is 1. The van der Waals surface area contributed by atoms with Crippen molar-refractivity contribution in [2.45, 2.75) is 6.10 Å². The van der Waals surface area contributed by atoms with E-state index in [-0.39, 0.29) is 11.6 Å². The van der Waals surface area contributed by atoms with Gasteiger partial charge in [-0.1, -0.05) is 12.1 Å². The van der Waals surface area contributed by atoms with Crippen LogP contribution in [0.1, 0.15) is 11.7 Å². The van der Waals surface area contributed by atoms with Gasteiger partial charge in [0, 0.05) is 11.6 Å². The number of benzene rings is 1. The van der Waals surface area contributed by atoms with E-state index in [4.69, 9.17) is 11.6 Å². The summed E-state index contributed by atoms with van der Waals surface area (Å²) < 4.78 is 0. The Kier molecular flexibility index (Phi) is 2.75. The number of phenols is 1. The molecule has 3 nitrogen and oxygen atoms in total. The maximum Gasteiger partial charge on any atom is 0.141 e. The number of fused-ring (bicyclic) bond motifs is 1. The smallest absolute Gasteiger partial charge is 0.141 e. The van der Waals surface area contributed by atoms with Gasteiger partial charge in [0.15, 0.2) is 0 Å². The zero-order chi connectivity index (χ0) is 10.8. The van der Waals surface area contributed by atoms with Gasteiger partial charge >= 0.3 is 0 Å². The highest BCUT2D eigenvalue weighted by Crippen LogP contribution is 2.29. The topological polar surface area (TPSA) is 53.4 Å². The molecule has 78 valence electrons. The Labute approximate surface area is 92.0 Å².